The molecule has 0 rings (SSSR count). The van der Waals surface area contributed by atoms with Gasteiger partial charge in [-0.3, -0.25) is 4.79 Å². The normalized spacial score (nSPS) is 10.8. The third kappa shape index (κ3) is 8.08. The van der Waals surface area contributed by atoms with Gasteiger partial charge in [0.05, 0.1) is 0 Å². The highest BCUT2D eigenvalue weighted by Crippen LogP contribution is 2.06. The van der Waals surface area contributed by atoms with Crippen LogP contribution < -0.4 is 5.32 Å². The standard InChI is InChI=1S/C11H22N2O3/c1-5-7-13(9-14)8-6-12-10(15)16-11(2,3)4/h9H,5-8H2,1-4H3,(H,12,15). The van der Waals surface area contributed by atoms with E-state index in [2.05, 4.69) is 5.32 Å². The zero-order chi connectivity index (χ0) is 12.6. The minimum Gasteiger partial charge on any atom is -0.444 e. The van der Waals surface area contributed by atoms with Crippen molar-refractivity contribution in [1.82, 2.24) is 10.2 Å². The summed E-state index contributed by atoms with van der Waals surface area (Å²) in [5.41, 5.74) is -0.488. The van der Waals surface area contributed by atoms with Crippen molar-refractivity contribution in [3.8, 4) is 0 Å². The van der Waals surface area contributed by atoms with Crippen LogP contribution in [0.15, 0.2) is 0 Å². The summed E-state index contributed by atoms with van der Waals surface area (Å²) < 4.78 is 5.06. The molecule has 2 amide bonds. The quantitative estimate of drug-likeness (QED) is 0.701. The maximum absolute atomic E-state index is 11.2. The first-order valence-electron chi connectivity index (χ1n) is 5.55. The molecule has 0 aliphatic carbocycles. The first-order chi connectivity index (χ1) is 7.39. The second-order valence-electron chi connectivity index (χ2n) is 4.57. The molecule has 1 N–H and O–H groups in total. The van der Waals surface area contributed by atoms with Crippen molar-refractivity contribution in [2.45, 2.75) is 39.7 Å². The maximum atomic E-state index is 11.2. The summed E-state index contributed by atoms with van der Waals surface area (Å²) in [5.74, 6) is 0. The fourth-order valence-corrected chi connectivity index (χ4v) is 1.12. The van der Waals surface area contributed by atoms with E-state index in [1.165, 1.54) is 0 Å². The van der Waals surface area contributed by atoms with E-state index in [0.29, 0.717) is 19.6 Å². The van der Waals surface area contributed by atoms with Gasteiger partial charge in [0.1, 0.15) is 5.60 Å². The van der Waals surface area contributed by atoms with Gasteiger partial charge in [-0.05, 0) is 27.2 Å². The molecule has 0 unspecified atom stereocenters. The molecule has 0 aromatic heterocycles. The predicted molar refractivity (Wildman–Crippen MR) is 62.2 cm³/mol. The first kappa shape index (κ1) is 14.7. The zero-order valence-corrected chi connectivity index (χ0v) is 10.6. The molecule has 5 nitrogen and oxygen atoms in total. The number of alkyl carbamates (subject to hydrolysis) is 1. The Labute approximate surface area is 97.1 Å². The molecule has 0 spiro atoms. The van der Waals surface area contributed by atoms with Crippen LogP contribution in [0.1, 0.15) is 34.1 Å². The summed E-state index contributed by atoms with van der Waals surface area (Å²) in [4.78, 5) is 23.5. The summed E-state index contributed by atoms with van der Waals surface area (Å²) in [6.07, 6.45) is 1.25. The minimum absolute atomic E-state index is 0.410. The molecule has 5 heteroatoms. The van der Waals surface area contributed by atoms with Crippen molar-refractivity contribution >= 4 is 12.5 Å². The molecular weight excluding hydrogens is 208 g/mol. The van der Waals surface area contributed by atoms with Crippen LogP contribution >= 0.6 is 0 Å². The lowest BCUT2D eigenvalue weighted by molar-refractivity contribution is -0.118. The highest BCUT2D eigenvalue weighted by molar-refractivity contribution is 5.67. The fraction of sp³-hybridized carbons (Fsp3) is 0.818. The van der Waals surface area contributed by atoms with E-state index in [1.54, 1.807) is 25.7 Å². The Hall–Kier alpha value is -1.26. The third-order valence-electron chi connectivity index (χ3n) is 1.73. The second kappa shape index (κ2) is 7.09. The molecule has 16 heavy (non-hydrogen) atoms. The Morgan fingerprint density at radius 1 is 1.38 bits per heavy atom. The number of nitrogens with one attached hydrogen (secondary N) is 1. The maximum Gasteiger partial charge on any atom is 0.407 e. The number of ether oxygens (including phenoxy) is 1. The van der Waals surface area contributed by atoms with Crippen LogP contribution in [0.25, 0.3) is 0 Å². The van der Waals surface area contributed by atoms with E-state index in [1.807, 2.05) is 6.92 Å². The fourth-order valence-electron chi connectivity index (χ4n) is 1.12. The number of rotatable bonds is 6. The van der Waals surface area contributed by atoms with E-state index in [0.717, 1.165) is 12.8 Å². The van der Waals surface area contributed by atoms with Crippen LogP contribution in [0.2, 0.25) is 0 Å². The van der Waals surface area contributed by atoms with Gasteiger partial charge in [-0.1, -0.05) is 6.92 Å². The molecule has 0 saturated carbocycles. The Balaban J connectivity index is 3.72. The molecule has 0 heterocycles. The topological polar surface area (TPSA) is 58.6 Å². The lowest BCUT2D eigenvalue weighted by atomic mass is 10.2. The van der Waals surface area contributed by atoms with Crippen LogP contribution in [-0.4, -0.2) is 42.6 Å². The lowest BCUT2D eigenvalue weighted by Crippen LogP contribution is -2.37. The molecule has 0 saturated heterocycles. The van der Waals surface area contributed by atoms with Gasteiger partial charge in [-0.25, -0.2) is 4.79 Å². The van der Waals surface area contributed by atoms with Crippen LogP contribution in [0.3, 0.4) is 0 Å². The number of nitrogens with zero attached hydrogens (tertiary/aromatic N) is 1. The summed E-state index contributed by atoms with van der Waals surface area (Å²) in [6, 6.07) is 0. The molecule has 0 bridgehead atoms. The number of carbonyl (C=O) groups excluding carboxylic acids is 2. The lowest BCUT2D eigenvalue weighted by Gasteiger charge is -2.21. The smallest absolute Gasteiger partial charge is 0.407 e. The van der Waals surface area contributed by atoms with Crippen molar-refractivity contribution in [1.29, 1.82) is 0 Å². The van der Waals surface area contributed by atoms with Gasteiger partial charge in [-0.2, -0.15) is 0 Å². The minimum atomic E-state index is -0.488. The van der Waals surface area contributed by atoms with Crippen molar-refractivity contribution in [3.05, 3.63) is 0 Å². The van der Waals surface area contributed by atoms with E-state index in [4.69, 9.17) is 4.74 Å². The van der Waals surface area contributed by atoms with Gasteiger partial charge in [0, 0.05) is 19.6 Å². The Morgan fingerprint density at radius 2 is 2.00 bits per heavy atom. The molecule has 0 fully saturated rings. The summed E-state index contributed by atoms with van der Waals surface area (Å²) in [7, 11) is 0. The Bertz CT molecular complexity index is 224. The van der Waals surface area contributed by atoms with E-state index >= 15 is 0 Å². The van der Waals surface area contributed by atoms with Crippen LogP contribution in [0, 0.1) is 0 Å². The van der Waals surface area contributed by atoms with Gasteiger partial charge in [0.25, 0.3) is 0 Å². The summed E-state index contributed by atoms with van der Waals surface area (Å²) in [5, 5.41) is 2.60. The van der Waals surface area contributed by atoms with E-state index < -0.39 is 11.7 Å². The second-order valence-corrected chi connectivity index (χ2v) is 4.57. The van der Waals surface area contributed by atoms with E-state index in [9.17, 15) is 9.59 Å². The average molecular weight is 230 g/mol. The van der Waals surface area contributed by atoms with Crippen LogP contribution in [-0.2, 0) is 9.53 Å². The van der Waals surface area contributed by atoms with E-state index in [-0.39, 0.29) is 0 Å². The molecule has 0 aliphatic heterocycles. The molecule has 0 aliphatic rings. The molecule has 0 aromatic carbocycles. The highest BCUT2D eigenvalue weighted by Gasteiger charge is 2.15. The number of hydrogen-bond donors (Lipinski definition) is 1. The SMILES string of the molecule is CCCN(C=O)CCNC(=O)OC(C)(C)C. The van der Waals surface area contributed by atoms with Crippen molar-refractivity contribution in [2.75, 3.05) is 19.6 Å². The zero-order valence-electron chi connectivity index (χ0n) is 10.6. The van der Waals surface area contributed by atoms with Crippen LogP contribution in [0.4, 0.5) is 4.79 Å². The number of hydrogen-bond acceptors (Lipinski definition) is 3. The molecule has 94 valence electrons. The Morgan fingerprint density at radius 3 is 2.44 bits per heavy atom. The van der Waals surface area contributed by atoms with Gasteiger partial charge < -0.3 is 15.0 Å². The molecular formula is C11H22N2O3. The van der Waals surface area contributed by atoms with Crippen LogP contribution in [0.5, 0.6) is 0 Å². The van der Waals surface area contributed by atoms with Crippen molar-refractivity contribution < 1.29 is 14.3 Å². The van der Waals surface area contributed by atoms with Crippen molar-refractivity contribution in [2.24, 2.45) is 0 Å². The summed E-state index contributed by atoms with van der Waals surface area (Å²) in [6.45, 7) is 9.05. The Kier molecular flexibility index (Phi) is 6.53. The molecule has 0 aromatic rings. The van der Waals surface area contributed by atoms with Gasteiger partial charge in [0.15, 0.2) is 0 Å². The number of amides is 2. The highest BCUT2D eigenvalue weighted by atomic mass is 16.6. The average Bonchev–Trinajstić information content (AvgIpc) is 2.13. The predicted octanol–water partition coefficient (Wildman–Crippen LogP) is 1.38. The van der Waals surface area contributed by atoms with Gasteiger partial charge >= 0.3 is 6.09 Å². The van der Waals surface area contributed by atoms with Gasteiger partial charge in [-0.15, -0.1) is 0 Å². The first-order valence-corrected chi connectivity index (χ1v) is 5.55. The van der Waals surface area contributed by atoms with Gasteiger partial charge in [0.2, 0.25) is 6.41 Å². The summed E-state index contributed by atoms with van der Waals surface area (Å²) >= 11 is 0. The number of carbonyl (C=O) groups is 2. The largest absolute Gasteiger partial charge is 0.444 e. The van der Waals surface area contributed by atoms with Crippen molar-refractivity contribution in [3.63, 3.8) is 0 Å². The molecule has 0 atom stereocenters. The molecule has 0 radical (unpaired) electrons. The monoisotopic (exact) mass is 230 g/mol. The third-order valence-corrected chi connectivity index (χ3v) is 1.73.